The van der Waals surface area contributed by atoms with E-state index in [0.29, 0.717) is 0 Å². The van der Waals surface area contributed by atoms with Crippen molar-refractivity contribution in [3.63, 3.8) is 0 Å². The first kappa shape index (κ1) is 13.8. The highest BCUT2D eigenvalue weighted by Crippen LogP contribution is 2.34. The third-order valence-corrected chi connectivity index (χ3v) is 5.58. The minimum absolute atomic E-state index is 0.0341. The van der Waals surface area contributed by atoms with Gasteiger partial charge in [0.15, 0.2) is 0 Å². The highest BCUT2D eigenvalue weighted by Gasteiger charge is 2.18. The van der Waals surface area contributed by atoms with Gasteiger partial charge in [-0.2, -0.15) is 11.3 Å². The van der Waals surface area contributed by atoms with E-state index < -0.39 is 0 Å². The maximum absolute atomic E-state index is 6.47. The molecule has 1 heterocycles. The average Bonchev–Trinajstić information content (AvgIpc) is 2.72. The Kier molecular flexibility index (Phi) is 3.95. The third kappa shape index (κ3) is 2.27. The van der Waals surface area contributed by atoms with Crippen LogP contribution in [0, 0.1) is 27.7 Å². The standard InChI is InChI=1S/C15H18BrNS/c1-8-5-9(2)14(16)11(4)13(8)15(17)12-7-18-6-10(12)3/h5-7,15H,17H2,1-4H3. The molecule has 0 bridgehead atoms. The Morgan fingerprint density at radius 2 is 1.72 bits per heavy atom. The Bertz CT molecular complexity index is 586. The first-order valence-corrected chi connectivity index (χ1v) is 7.71. The van der Waals surface area contributed by atoms with Crippen molar-refractivity contribution < 1.29 is 0 Å². The van der Waals surface area contributed by atoms with Crippen LogP contribution in [0.25, 0.3) is 0 Å². The molecule has 0 aliphatic carbocycles. The Morgan fingerprint density at radius 1 is 1.06 bits per heavy atom. The molecule has 1 unspecified atom stereocenters. The van der Waals surface area contributed by atoms with Gasteiger partial charge >= 0.3 is 0 Å². The zero-order valence-corrected chi connectivity index (χ0v) is 13.6. The summed E-state index contributed by atoms with van der Waals surface area (Å²) >= 11 is 5.38. The minimum Gasteiger partial charge on any atom is -0.320 e. The molecule has 0 spiro atoms. The summed E-state index contributed by atoms with van der Waals surface area (Å²) in [7, 11) is 0. The summed E-state index contributed by atoms with van der Waals surface area (Å²) < 4.78 is 1.17. The summed E-state index contributed by atoms with van der Waals surface area (Å²) in [5, 5.41) is 4.32. The Balaban J connectivity index is 2.59. The second-order valence-corrected chi connectivity index (χ2v) is 6.39. The fraction of sp³-hybridized carbons (Fsp3) is 0.333. The van der Waals surface area contributed by atoms with E-state index in [1.807, 2.05) is 0 Å². The average molecular weight is 324 g/mol. The van der Waals surface area contributed by atoms with Gasteiger partial charge in [-0.05, 0) is 71.8 Å². The van der Waals surface area contributed by atoms with Crippen molar-refractivity contribution in [2.45, 2.75) is 33.7 Å². The van der Waals surface area contributed by atoms with Gasteiger partial charge in [-0.15, -0.1) is 0 Å². The Morgan fingerprint density at radius 3 is 2.28 bits per heavy atom. The second kappa shape index (κ2) is 5.16. The van der Waals surface area contributed by atoms with Gasteiger partial charge in [-0.3, -0.25) is 0 Å². The largest absolute Gasteiger partial charge is 0.320 e. The molecular weight excluding hydrogens is 306 g/mol. The van der Waals surface area contributed by atoms with Gasteiger partial charge in [-0.1, -0.05) is 22.0 Å². The molecule has 3 heteroatoms. The van der Waals surface area contributed by atoms with E-state index in [1.165, 1.54) is 37.9 Å². The van der Waals surface area contributed by atoms with Crippen LogP contribution < -0.4 is 5.73 Å². The lowest BCUT2D eigenvalue weighted by Crippen LogP contribution is -2.15. The third-order valence-electron chi connectivity index (χ3n) is 3.48. The molecule has 0 saturated heterocycles. The molecule has 1 aromatic carbocycles. The fourth-order valence-corrected chi connectivity index (χ4v) is 3.71. The Labute approximate surface area is 121 Å². The van der Waals surface area contributed by atoms with E-state index in [1.54, 1.807) is 11.3 Å². The van der Waals surface area contributed by atoms with E-state index in [2.05, 4.69) is 60.5 Å². The van der Waals surface area contributed by atoms with Crippen LogP contribution in [-0.4, -0.2) is 0 Å². The molecule has 18 heavy (non-hydrogen) atoms. The van der Waals surface area contributed by atoms with Crippen LogP contribution in [0.15, 0.2) is 21.3 Å². The predicted molar refractivity (Wildman–Crippen MR) is 83.4 cm³/mol. The Hall–Kier alpha value is -0.640. The zero-order chi connectivity index (χ0) is 13.4. The summed E-state index contributed by atoms with van der Waals surface area (Å²) in [5.41, 5.74) is 14.0. The van der Waals surface area contributed by atoms with Gasteiger partial charge in [-0.25, -0.2) is 0 Å². The zero-order valence-electron chi connectivity index (χ0n) is 11.2. The second-order valence-electron chi connectivity index (χ2n) is 4.85. The molecule has 2 rings (SSSR count). The molecule has 2 N–H and O–H groups in total. The topological polar surface area (TPSA) is 26.0 Å². The lowest BCUT2D eigenvalue weighted by molar-refractivity contribution is 0.845. The quantitative estimate of drug-likeness (QED) is 0.844. The van der Waals surface area contributed by atoms with E-state index >= 15 is 0 Å². The molecule has 0 saturated carbocycles. The molecule has 0 aliphatic rings. The monoisotopic (exact) mass is 323 g/mol. The number of halogens is 1. The van der Waals surface area contributed by atoms with Gasteiger partial charge < -0.3 is 5.73 Å². The molecule has 0 aliphatic heterocycles. The lowest BCUT2D eigenvalue weighted by Gasteiger charge is -2.20. The SMILES string of the molecule is Cc1cscc1C(N)c1c(C)cc(C)c(Br)c1C. The first-order valence-electron chi connectivity index (χ1n) is 5.98. The number of hydrogen-bond donors (Lipinski definition) is 1. The highest BCUT2D eigenvalue weighted by molar-refractivity contribution is 9.10. The lowest BCUT2D eigenvalue weighted by atomic mass is 9.90. The minimum atomic E-state index is -0.0341. The van der Waals surface area contributed by atoms with E-state index in [0.717, 1.165) is 0 Å². The van der Waals surface area contributed by atoms with Crippen molar-refractivity contribution in [2.24, 2.45) is 5.73 Å². The van der Waals surface area contributed by atoms with Crippen molar-refractivity contribution in [2.75, 3.05) is 0 Å². The highest BCUT2D eigenvalue weighted by atomic mass is 79.9. The number of thiophene rings is 1. The van der Waals surface area contributed by atoms with Crippen molar-refractivity contribution in [3.8, 4) is 0 Å². The van der Waals surface area contributed by atoms with Gasteiger partial charge in [0.1, 0.15) is 0 Å². The van der Waals surface area contributed by atoms with Crippen LogP contribution in [0.4, 0.5) is 0 Å². The van der Waals surface area contributed by atoms with Crippen LogP contribution in [-0.2, 0) is 0 Å². The maximum Gasteiger partial charge on any atom is 0.0568 e. The van der Waals surface area contributed by atoms with Crippen LogP contribution in [0.5, 0.6) is 0 Å². The molecular formula is C15H18BrNS. The molecule has 1 nitrogen and oxygen atoms in total. The smallest absolute Gasteiger partial charge is 0.0568 e. The molecule has 1 aromatic heterocycles. The van der Waals surface area contributed by atoms with Crippen LogP contribution in [0.3, 0.4) is 0 Å². The van der Waals surface area contributed by atoms with E-state index in [9.17, 15) is 0 Å². The summed E-state index contributed by atoms with van der Waals surface area (Å²) in [6.45, 7) is 8.53. The van der Waals surface area contributed by atoms with Gasteiger partial charge in [0.05, 0.1) is 6.04 Å². The summed E-state index contributed by atoms with van der Waals surface area (Å²) in [4.78, 5) is 0. The summed E-state index contributed by atoms with van der Waals surface area (Å²) in [6.07, 6.45) is 0. The summed E-state index contributed by atoms with van der Waals surface area (Å²) in [5.74, 6) is 0. The number of hydrogen-bond acceptors (Lipinski definition) is 2. The van der Waals surface area contributed by atoms with Crippen LogP contribution in [0.2, 0.25) is 0 Å². The van der Waals surface area contributed by atoms with Crippen molar-refractivity contribution in [1.82, 2.24) is 0 Å². The molecule has 0 amide bonds. The number of aryl methyl sites for hydroxylation is 3. The van der Waals surface area contributed by atoms with Gasteiger partial charge in [0.2, 0.25) is 0 Å². The van der Waals surface area contributed by atoms with Crippen LogP contribution >= 0.6 is 27.3 Å². The number of benzene rings is 1. The maximum atomic E-state index is 6.47. The van der Waals surface area contributed by atoms with Crippen molar-refractivity contribution in [1.29, 1.82) is 0 Å². The fourth-order valence-electron chi connectivity index (χ4n) is 2.50. The summed E-state index contributed by atoms with van der Waals surface area (Å²) in [6, 6.07) is 2.17. The first-order chi connectivity index (χ1) is 8.43. The number of nitrogens with two attached hydrogens (primary N) is 1. The van der Waals surface area contributed by atoms with Crippen molar-refractivity contribution in [3.05, 3.63) is 54.7 Å². The normalized spacial score (nSPS) is 12.8. The molecule has 96 valence electrons. The van der Waals surface area contributed by atoms with Gasteiger partial charge in [0.25, 0.3) is 0 Å². The molecule has 0 radical (unpaired) electrons. The van der Waals surface area contributed by atoms with Crippen LogP contribution in [0.1, 0.15) is 39.4 Å². The van der Waals surface area contributed by atoms with Crippen molar-refractivity contribution >= 4 is 27.3 Å². The molecule has 2 aromatic rings. The molecule has 1 atom stereocenters. The van der Waals surface area contributed by atoms with Gasteiger partial charge in [0, 0.05) is 4.47 Å². The predicted octanol–water partition coefficient (Wildman–Crippen LogP) is 4.79. The number of rotatable bonds is 2. The van der Waals surface area contributed by atoms with E-state index in [4.69, 9.17) is 5.73 Å². The van der Waals surface area contributed by atoms with E-state index in [-0.39, 0.29) is 6.04 Å². The molecule has 0 fully saturated rings.